The molecule has 1 aromatic heterocycles. The van der Waals surface area contributed by atoms with Crippen LogP contribution in [0.5, 0.6) is 0 Å². The monoisotopic (exact) mass is 556 g/mol. The van der Waals surface area contributed by atoms with Gasteiger partial charge in [0.2, 0.25) is 16.0 Å². The van der Waals surface area contributed by atoms with E-state index >= 15 is 0 Å². The summed E-state index contributed by atoms with van der Waals surface area (Å²) in [6.45, 7) is 0.737. The van der Waals surface area contributed by atoms with Gasteiger partial charge in [-0.2, -0.15) is 4.98 Å². The van der Waals surface area contributed by atoms with E-state index in [2.05, 4.69) is 20.0 Å². The molecular formula is C31H36N6O2S. The van der Waals surface area contributed by atoms with Gasteiger partial charge in [0.05, 0.1) is 10.4 Å². The summed E-state index contributed by atoms with van der Waals surface area (Å²) >= 11 is 0. The quantitative estimate of drug-likeness (QED) is 0.243. The van der Waals surface area contributed by atoms with E-state index in [9.17, 15) is 8.42 Å². The third-order valence-corrected chi connectivity index (χ3v) is 8.04. The second kappa shape index (κ2) is 11.9. The van der Waals surface area contributed by atoms with Crippen LogP contribution in [-0.4, -0.2) is 46.6 Å². The van der Waals surface area contributed by atoms with E-state index in [1.807, 2.05) is 111 Å². The molecule has 4 aromatic carbocycles. The number of sulfonamides is 1. The van der Waals surface area contributed by atoms with Crippen molar-refractivity contribution < 1.29 is 8.42 Å². The number of rotatable bonds is 9. The van der Waals surface area contributed by atoms with E-state index in [1.165, 1.54) is 0 Å². The maximum absolute atomic E-state index is 13.2. The first-order chi connectivity index (χ1) is 18.7. The summed E-state index contributed by atoms with van der Waals surface area (Å²) in [4.78, 5) is 13.6. The molecule has 0 saturated heterocycles. The minimum atomic E-state index is -3.71. The number of fused-ring (bicyclic) bond motifs is 2. The number of hydrogen-bond acceptors (Lipinski definition) is 7. The lowest BCUT2D eigenvalue weighted by molar-refractivity contribution is 0.582. The van der Waals surface area contributed by atoms with Crippen molar-refractivity contribution >= 4 is 49.2 Å². The molecule has 0 atom stereocenters. The molecule has 0 aliphatic rings. The molecule has 0 bridgehead atoms. The number of nitrogens with zero attached hydrogens (tertiary/aromatic N) is 4. The average molecular weight is 557 g/mol. The number of para-hydroxylation sites is 1. The Labute approximate surface area is 236 Å². The lowest BCUT2D eigenvalue weighted by Gasteiger charge is -2.17. The Bertz CT molecular complexity index is 1740. The maximum Gasteiger partial charge on any atom is 0.241 e. The highest BCUT2D eigenvalue weighted by atomic mass is 32.2. The van der Waals surface area contributed by atoms with Crippen LogP contribution >= 0.6 is 0 Å². The molecule has 0 unspecified atom stereocenters. The topological polar surface area (TPSA) is 90.5 Å². The van der Waals surface area contributed by atoms with Crippen LogP contribution in [0.2, 0.25) is 0 Å². The predicted molar refractivity (Wildman–Crippen MR) is 167 cm³/mol. The minimum Gasteiger partial charge on any atom is -0.377 e. The second-order valence-corrected chi connectivity index (χ2v) is 11.5. The van der Waals surface area contributed by atoms with Gasteiger partial charge >= 0.3 is 0 Å². The SMILES string of the molecule is C.CN(C)c1nc(NCc2ccc(CNS(=O)(=O)c3cccc4c(N(C)C)cccc34)cc2)nc2ccccc12. The van der Waals surface area contributed by atoms with Gasteiger partial charge in [-0.3, -0.25) is 0 Å². The van der Waals surface area contributed by atoms with Crippen molar-refractivity contribution in [1.29, 1.82) is 0 Å². The molecule has 0 spiro atoms. The van der Waals surface area contributed by atoms with E-state index < -0.39 is 10.0 Å². The van der Waals surface area contributed by atoms with E-state index in [4.69, 9.17) is 0 Å². The fraction of sp³-hybridized carbons (Fsp3) is 0.226. The second-order valence-electron chi connectivity index (χ2n) is 9.80. The van der Waals surface area contributed by atoms with Gasteiger partial charge in [0, 0.05) is 63.1 Å². The molecule has 0 saturated carbocycles. The summed E-state index contributed by atoms with van der Waals surface area (Å²) in [6, 6.07) is 26.8. The Morgan fingerprint density at radius 2 is 1.30 bits per heavy atom. The molecule has 9 heteroatoms. The van der Waals surface area contributed by atoms with Crippen LogP contribution in [0.3, 0.4) is 0 Å². The summed E-state index contributed by atoms with van der Waals surface area (Å²) in [5, 5.41) is 5.91. The number of nitrogens with one attached hydrogen (secondary N) is 2. The van der Waals surface area contributed by atoms with Gasteiger partial charge in [-0.1, -0.05) is 68.1 Å². The fourth-order valence-electron chi connectivity index (χ4n) is 4.58. The van der Waals surface area contributed by atoms with E-state index in [-0.39, 0.29) is 18.9 Å². The molecule has 8 nitrogen and oxygen atoms in total. The zero-order valence-electron chi connectivity index (χ0n) is 22.5. The van der Waals surface area contributed by atoms with Gasteiger partial charge in [-0.05, 0) is 35.4 Å². The van der Waals surface area contributed by atoms with Crippen molar-refractivity contribution in [2.75, 3.05) is 43.3 Å². The van der Waals surface area contributed by atoms with Gasteiger partial charge in [0.15, 0.2) is 0 Å². The number of benzene rings is 4. The first kappa shape index (κ1) is 28.8. The van der Waals surface area contributed by atoms with Crippen molar-refractivity contribution in [2.45, 2.75) is 25.4 Å². The first-order valence-electron chi connectivity index (χ1n) is 12.7. The fourth-order valence-corrected chi connectivity index (χ4v) is 5.82. The highest BCUT2D eigenvalue weighted by Crippen LogP contribution is 2.30. The molecule has 1 heterocycles. The standard InChI is InChI=1S/C30H32N6O2S.CH4/c1-35(2)27-13-7-11-24-23(27)10-8-14-28(24)39(37,38)32-20-22-17-15-21(16-18-22)19-31-30-33-26-12-6-5-9-25(26)29(34-30)36(3)4;/h5-18,32H,19-20H2,1-4H3,(H,31,33,34);1H4. The summed E-state index contributed by atoms with van der Waals surface area (Å²) in [5.74, 6) is 1.41. The molecule has 5 aromatic rings. The van der Waals surface area contributed by atoms with Gasteiger partial charge < -0.3 is 15.1 Å². The molecule has 0 aliphatic heterocycles. The van der Waals surface area contributed by atoms with Crippen LogP contribution in [0.1, 0.15) is 18.6 Å². The van der Waals surface area contributed by atoms with Crippen molar-refractivity contribution in [1.82, 2.24) is 14.7 Å². The molecule has 0 amide bonds. The Morgan fingerprint density at radius 3 is 2.00 bits per heavy atom. The highest BCUT2D eigenvalue weighted by Gasteiger charge is 2.18. The van der Waals surface area contributed by atoms with Gasteiger partial charge in [-0.15, -0.1) is 0 Å². The lowest BCUT2D eigenvalue weighted by Crippen LogP contribution is -2.23. The first-order valence-corrected chi connectivity index (χ1v) is 14.2. The molecule has 0 fully saturated rings. The molecule has 2 N–H and O–H groups in total. The highest BCUT2D eigenvalue weighted by molar-refractivity contribution is 7.89. The molecule has 0 aliphatic carbocycles. The molecule has 208 valence electrons. The predicted octanol–water partition coefficient (Wildman–Crippen LogP) is 5.64. The van der Waals surface area contributed by atoms with Crippen LogP contribution in [0.4, 0.5) is 17.5 Å². The van der Waals surface area contributed by atoms with E-state index in [0.717, 1.165) is 38.9 Å². The van der Waals surface area contributed by atoms with Crippen LogP contribution in [0.15, 0.2) is 89.8 Å². The molecule has 40 heavy (non-hydrogen) atoms. The summed E-state index contributed by atoms with van der Waals surface area (Å²) in [6.07, 6.45) is 0. The lowest BCUT2D eigenvalue weighted by atomic mass is 10.1. The normalized spacial score (nSPS) is 11.3. The Hall–Kier alpha value is -4.21. The Balaban J connectivity index is 0.00000370. The van der Waals surface area contributed by atoms with Crippen molar-refractivity contribution in [3.8, 4) is 0 Å². The third-order valence-electron chi connectivity index (χ3n) is 6.58. The largest absolute Gasteiger partial charge is 0.377 e. The maximum atomic E-state index is 13.2. The summed E-state index contributed by atoms with van der Waals surface area (Å²) in [5.41, 5.74) is 3.76. The van der Waals surface area contributed by atoms with Crippen LogP contribution in [0, 0.1) is 0 Å². The summed E-state index contributed by atoms with van der Waals surface area (Å²) < 4.78 is 29.2. The smallest absolute Gasteiger partial charge is 0.241 e. The molecular weight excluding hydrogens is 520 g/mol. The van der Waals surface area contributed by atoms with Crippen molar-refractivity contribution in [3.63, 3.8) is 0 Å². The van der Waals surface area contributed by atoms with Crippen molar-refractivity contribution in [2.24, 2.45) is 0 Å². The third kappa shape index (κ3) is 6.00. The van der Waals surface area contributed by atoms with E-state index in [0.29, 0.717) is 17.9 Å². The average Bonchev–Trinajstić information content (AvgIpc) is 2.94. The van der Waals surface area contributed by atoms with Gasteiger partial charge in [0.1, 0.15) is 5.82 Å². The van der Waals surface area contributed by atoms with Crippen molar-refractivity contribution in [3.05, 3.63) is 96.1 Å². The van der Waals surface area contributed by atoms with Gasteiger partial charge in [0.25, 0.3) is 0 Å². The minimum absolute atomic E-state index is 0. The van der Waals surface area contributed by atoms with E-state index in [1.54, 1.807) is 12.1 Å². The Kier molecular flexibility index (Phi) is 8.56. The van der Waals surface area contributed by atoms with Gasteiger partial charge in [-0.25, -0.2) is 18.1 Å². The number of anilines is 3. The van der Waals surface area contributed by atoms with Crippen LogP contribution in [0.25, 0.3) is 21.7 Å². The molecule has 5 rings (SSSR count). The number of hydrogen-bond donors (Lipinski definition) is 2. The van der Waals surface area contributed by atoms with Crippen LogP contribution in [-0.2, 0) is 23.1 Å². The molecule has 0 radical (unpaired) electrons. The summed E-state index contributed by atoms with van der Waals surface area (Å²) in [7, 11) is 4.11. The zero-order chi connectivity index (χ0) is 27.6. The van der Waals surface area contributed by atoms with Crippen LogP contribution < -0.4 is 19.8 Å². The zero-order valence-corrected chi connectivity index (χ0v) is 23.3. The Morgan fingerprint density at radius 1 is 0.675 bits per heavy atom. The number of aromatic nitrogens is 2.